The van der Waals surface area contributed by atoms with E-state index >= 15 is 0 Å². The van der Waals surface area contributed by atoms with Gasteiger partial charge in [-0.3, -0.25) is 4.98 Å². The maximum Gasteiger partial charge on any atom is 0.0273 e. The van der Waals surface area contributed by atoms with Gasteiger partial charge >= 0.3 is 0 Å². The zero-order valence-electron chi connectivity index (χ0n) is 8.14. The smallest absolute Gasteiger partial charge is 0.0273 e. The lowest BCUT2D eigenvalue weighted by Gasteiger charge is -2.06. The van der Waals surface area contributed by atoms with Gasteiger partial charge in [-0.25, -0.2) is 0 Å². The van der Waals surface area contributed by atoms with Crippen LogP contribution < -0.4 is 0 Å². The van der Waals surface area contributed by atoms with Crippen LogP contribution in [0.4, 0.5) is 0 Å². The SMILES string of the molecule is C[CH]c1ccccc1-c1ccncc1. The van der Waals surface area contributed by atoms with Crippen molar-refractivity contribution in [3.05, 3.63) is 60.8 Å². The van der Waals surface area contributed by atoms with Crippen LogP contribution in [0, 0.1) is 6.42 Å². The van der Waals surface area contributed by atoms with Gasteiger partial charge in [0.25, 0.3) is 0 Å². The Balaban J connectivity index is 2.51. The fraction of sp³-hybridized carbons (Fsp3) is 0.0769. The van der Waals surface area contributed by atoms with Gasteiger partial charge in [-0.1, -0.05) is 31.2 Å². The quantitative estimate of drug-likeness (QED) is 0.694. The summed E-state index contributed by atoms with van der Waals surface area (Å²) in [5.74, 6) is 0. The van der Waals surface area contributed by atoms with Crippen LogP contribution in [0.25, 0.3) is 11.1 Å². The molecule has 0 bridgehead atoms. The summed E-state index contributed by atoms with van der Waals surface area (Å²) in [4.78, 5) is 4.02. The third-order valence-corrected chi connectivity index (χ3v) is 2.26. The molecule has 1 aromatic carbocycles. The second kappa shape index (κ2) is 4.05. The predicted octanol–water partition coefficient (Wildman–Crippen LogP) is 3.32. The van der Waals surface area contributed by atoms with E-state index < -0.39 is 0 Å². The average molecular weight is 182 g/mol. The van der Waals surface area contributed by atoms with Crippen molar-refractivity contribution in [2.24, 2.45) is 0 Å². The second-order valence-corrected chi connectivity index (χ2v) is 3.11. The summed E-state index contributed by atoms with van der Waals surface area (Å²) in [7, 11) is 0. The lowest BCUT2D eigenvalue weighted by molar-refractivity contribution is 1.32. The maximum atomic E-state index is 4.02. The highest BCUT2D eigenvalue weighted by atomic mass is 14.6. The third-order valence-electron chi connectivity index (χ3n) is 2.26. The predicted molar refractivity (Wildman–Crippen MR) is 58.7 cm³/mol. The summed E-state index contributed by atoms with van der Waals surface area (Å²) in [6.07, 6.45) is 5.76. The van der Waals surface area contributed by atoms with Crippen molar-refractivity contribution < 1.29 is 0 Å². The number of hydrogen-bond acceptors (Lipinski definition) is 1. The van der Waals surface area contributed by atoms with Crippen molar-refractivity contribution in [1.29, 1.82) is 0 Å². The number of aromatic nitrogens is 1. The van der Waals surface area contributed by atoms with Gasteiger partial charge in [-0.2, -0.15) is 0 Å². The molecule has 1 heteroatoms. The Bertz CT molecular complexity index is 407. The van der Waals surface area contributed by atoms with Gasteiger partial charge < -0.3 is 0 Å². The van der Waals surface area contributed by atoms with E-state index in [2.05, 4.69) is 42.6 Å². The topological polar surface area (TPSA) is 12.9 Å². The van der Waals surface area contributed by atoms with E-state index in [1.165, 1.54) is 16.7 Å². The van der Waals surface area contributed by atoms with Crippen molar-refractivity contribution in [3.63, 3.8) is 0 Å². The molecule has 69 valence electrons. The molecular formula is C13H12N. The van der Waals surface area contributed by atoms with Gasteiger partial charge in [0, 0.05) is 12.4 Å². The van der Waals surface area contributed by atoms with Gasteiger partial charge in [0.05, 0.1) is 0 Å². The van der Waals surface area contributed by atoms with E-state index in [1.807, 2.05) is 24.5 Å². The Labute approximate surface area is 84.4 Å². The molecule has 2 rings (SSSR count). The summed E-state index contributed by atoms with van der Waals surface area (Å²) in [6, 6.07) is 12.4. The molecule has 14 heavy (non-hydrogen) atoms. The highest BCUT2D eigenvalue weighted by molar-refractivity contribution is 5.68. The van der Waals surface area contributed by atoms with E-state index in [9.17, 15) is 0 Å². The van der Waals surface area contributed by atoms with Crippen LogP contribution in [0.5, 0.6) is 0 Å². The van der Waals surface area contributed by atoms with Crippen molar-refractivity contribution in [3.8, 4) is 11.1 Å². The molecule has 0 saturated carbocycles. The minimum Gasteiger partial charge on any atom is -0.265 e. The molecule has 2 aromatic rings. The summed E-state index contributed by atoms with van der Waals surface area (Å²) in [5, 5.41) is 0. The molecule has 0 spiro atoms. The van der Waals surface area contributed by atoms with Gasteiger partial charge in [0.1, 0.15) is 0 Å². The molecule has 1 nitrogen and oxygen atoms in total. The molecular weight excluding hydrogens is 170 g/mol. The van der Waals surface area contributed by atoms with Crippen LogP contribution in [-0.4, -0.2) is 4.98 Å². The van der Waals surface area contributed by atoms with Gasteiger partial charge in [0.2, 0.25) is 0 Å². The average Bonchev–Trinajstić information content (AvgIpc) is 2.30. The van der Waals surface area contributed by atoms with Crippen LogP contribution in [0.1, 0.15) is 12.5 Å². The highest BCUT2D eigenvalue weighted by Gasteiger charge is 2.01. The largest absolute Gasteiger partial charge is 0.265 e. The number of rotatable bonds is 2. The molecule has 0 amide bonds. The first-order valence-electron chi connectivity index (χ1n) is 4.70. The van der Waals surface area contributed by atoms with Gasteiger partial charge in [0.15, 0.2) is 0 Å². The molecule has 0 aliphatic heterocycles. The van der Waals surface area contributed by atoms with E-state index in [-0.39, 0.29) is 0 Å². The second-order valence-electron chi connectivity index (χ2n) is 3.11. The number of pyridine rings is 1. The summed E-state index contributed by atoms with van der Waals surface area (Å²) >= 11 is 0. The third kappa shape index (κ3) is 1.67. The van der Waals surface area contributed by atoms with E-state index in [0.717, 1.165) is 0 Å². The normalized spacial score (nSPS) is 10.1. The standard InChI is InChI=1S/C13H12N/c1-2-11-5-3-4-6-13(11)12-7-9-14-10-8-12/h2-10H,1H3. The zero-order valence-corrected chi connectivity index (χ0v) is 8.14. The van der Waals surface area contributed by atoms with Crippen LogP contribution in [-0.2, 0) is 0 Å². The molecule has 0 fully saturated rings. The molecule has 1 radical (unpaired) electrons. The molecule has 0 aliphatic carbocycles. The van der Waals surface area contributed by atoms with E-state index in [1.54, 1.807) is 0 Å². The first-order valence-corrected chi connectivity index (χ1v) is 4.70. The van der Waals surface area contributed by atoms with E-state index in [0.29, 0.717) is 0 Å². The lowest BCUT2D eigenvalue weighted by atomic mass is 9.99. The Morgan fingerprint density at radius 2 is 1.71 bits per heavy atom. The van der Waals surface area contributed by atoms with E-state index in [4.69, 9.17) is 0 Å². The van der Waals surface area contributed by atoms with Crippen molar-refractivity contribution in [2.75, 3.05) is 0 Å². The summed E-state index contributed by atoms with van der Waals surface area (Å²) in [5.41, 5.74) is 3.74. The molecule has 0 saturated heterocycles. The highest BCUT2D eigenvalue weighted by Crippen LogP contribution is 2.23. The number of hydrogen-bond donors (Lipinski definition) is 0. The Kier molecular flexibility index (Phi) is 2.59. The van der Waals surface area contributed by atoms with Crippen molar-refractivity contribution in [2.45, 2.75) is 6.92 Å². The zero-order chi connectivity index (χ0) is 9.80. The molecule has 1 heterocycles. The number of nitrogens with zero attached hydrogens (tertiary/aromatic N) is 1. The van der Waals surface area contributed by atoms with Gasteiger partial charge in [-0.05, 0) is 35.2 Å². The molecule has 0 N–H and O–H groups in total. The van der Waals surface area contributed by atoms with Crippen LogP contribution in [0.2, 0.25) is 0 Å². The first-order chi connectivity index (χ1) is 6.92. The lowest BCUT2D eigenvalue weighted by Crippen LogP contribution is -1.85. The van der Waals surface area contributed by atoms with Crippen LogP contribution >= 0.6 is 0 Å². The molecule has 0 atom stereocenters. The molecule has 1 aromatic heterocycles. The van der Waals surface area contributed by atoms with Gasteiger partial charge in [-0.15, -0.1) is 0 Å². The Morgan fingerprint density at radius 1 is 1.00 bits per heavy atom. The Hall–Kier alpha value is -1.63. The van der Waals surface area contributed by atoms with Crippen LogP contribution in [0.3, 0.4) is 0 Å². The minimum atomic E-state index is 1.22. The first kappa shape index (κ1) is 8.95. The minimum absolute atomic E-state index is 1.22. The Morgan fingerprint density at radius 3 is 2.43 bits per heavy atom. The fourth-order valence-electron chi connectivity index (χ4n) is 1.54. The summed E-state index contributed by atoms with van der Waals surface area (Å²) < 4.78 is 0. The fourth-order valence-corrected chi connectivity index (χ4v) is 1.54. The van der Waals surface area contributed by atoms with Crippen molar-refractivity contribution in [1.82, 2.24) is 4.98 Å². The van der Waals surface area contributed by atoms with Crippen LogP contribution in [0.15, 0.2) is 48.8 Å². The maximum absolute atomic E-state index is 4.02. The van der Waals surface area contributed by atoms with Crippen molar-refractivity contribution >= 4 is 0 Å². The molecule has 0 unspecified atom stereocenters. The summed E-state index contributed by atoms with van der Waals surface area (Å²) in [6.45, 7) is 2.06. The number of benzene rings is 1. The monoisotopic (exact) mass is 182 g/mol. The molecule has 0 aliphatic rings.